The van der Waals surface area contributed by atoms with Crippen molar-refractivity contribution in [2.45, 2.75) is 32.7 Å². The highest BCUT2D eigenvalue weighted by atomic mass is 16.4. The third-order valence-electron chi connectivity index (χ3n) is 4.50. The van der Waals surface area contributed by atoms with E-state index in [1.54, 1.807) is 26.2 Å². The lowest BCUT2D eigenvalue weighted by atomic mass is 9.95. The molecule has 4 heteroatoms. The van der Waals surface area contributed by atoms with E-state index in [-0.39, 0.29) is 0 Å². The SMILES string of the molecule is Cc1ccc(Cc2cnccc2NC(C)(C)C(=O)O)c2ccccc12. The third-order valence-corrected chi connectivity index (χ3v) is 4.50. The summed E-state index contributed by atoms with van der Waals surface area (Å²) in [6, 6.07) is 14.4. The van der Waals surface area contributed by atoms with Crippen molar-refractivity contribution >= 4 is 22.4 Å². The fraction of sp³-hybridized carbons (Fsp3) is 0.238. The maximum atomic E-state index is 11.4. The Morgan fingerprint density at radius 2 is 1.80 bits per heavy atom. The van der Waals surface area contributed by atoms with Crippen LogP contribution in [0.2, 0.25) is 0 Å². The lowest BCUT2D eigenvalue weighted by Gasteiger charge is -2.24. The van der Waals surface area contributed by atoms with Crippen LogP contribution in [-0.2, 0) is 11.2 Å². The number of benzene rings is 2. The van der Waals surface area contributed by atoms with Gasteiger partial charge in [0.05, 0.1) is 0 Å². The van der Waals surface area contributed by atoms with Crippen LogP contribution in [-0.4, -0.2) is 21.6 Å². The zero-order valence-electron chi connectivity index (χ0n) is 14.7. The normalized spacial score (nSPS) is 11.5. The summed E-state index contributed by atoms with van der Waals surface area (Å²) in [7, 11) is 0. The van der Waals surface area contributed by atoms with Crippen molar-refractivity contribution in [3.63, 3.8) is 0 Å². The highest BCUT2D eigenvalue weighted by Crippen LogP contribution is 2.27. The summed E-state index contributed by atoms with van der Waals surface area (Å²) < 4.78 is 0. The van der Waals surface area contributed by atoms with Crippen LogP contribution < -0.4 is 5.32 Å². The van der Waals surface area contributed by atoms with E-state index < -0.39 is 11.5 Å². The van der Waals surface area contributed by atoms with Gasteiger partial charge in [0.15, 0.2) is 0 Å². The predicted octanol–water partition coefficient (Wildman–Crippen LogP) is 4.41. The molecule has 1 heterocycles. The zero-order valence-corrected chi connectivity index (χ0v) is 14.7. The van der Waals surface area contributed by atoms with E-state index in [0.29, 0.717) is 6.42 Å². The van der Waals surface area contributed by atoms with Gasteiger partial charge in [0.25, 0.3) is 0 Å². The number of nitrogens with one attached hydrogen (secondary N) is 1. The number of aromatic nitrogens is 1. The van der Waals surface area contributed by atoms with E-state index in [1.807, 2.05) is 18.2 Å². The Labute approximate surface area is 147 Å². The Bertz CT molecular complexity index is 932. The van der Waals surface area contributed by atoms with Crippen molar-refractivity contribution in [2.75, 3.05) is 5.32 Å². The summed E-state index contributed by atoms with van der Waals surface area (Å²) in [5, 5.41) is 15.0. The van der Waals surface area contributed by atoms with Crippen LogP contribution in [0, 0.1) is 6.92 Å². The molecule has 2 aromatic carbocycles. The number of aryl methyl sites for hydroxylation is 1. The monoisotopic (exact) mass is 334 g/mol. The molecular formula is C21H22N2O2. The van der Waals surface area contributed by atoms with E-state index in [9.17, 15) is 9.90 Å². The second kappa shape index (κ2) is 6.55. The predicted molar refractivity (Wildman–Crippen MR) is 101 cm³/mol. The Morgan fingerprint density at radius 1 is 1.08 bits per heavy atom. The topological polar surface area (TPSA) is 62.2 Å². The first kappa shape index (κ1) is 17.0. The van der Waals surface area contributed by atoms with Crippen LogP contribution in [0.15, 0.2) is 54.9 Å². The van der Waals surface area contributed by atoms with Gasteiger partial charge >= 0.3 is 5.97 Å². The minimum atomic E-state index is -1.05. The van der Waals surface area contributed by atoms with E-state index in [2.05, 4.69) is 41.5 Å². The molecule has 4 nitrogen and oxygen atoms in total. The number of hydrogen-bond acceptors (Lipinski definition) is 3. The lowest BCUT2D eigenvalue weighted by molar-refractivity contribution is -0.141. The number of aliphatic carboxylic acids is 1. The lowest BCUT2D eigenvalue weighted by Crippen LogP contribution is -2.40. The fourth-order valence-electron chi connectivity index (χ4n) is 2.95. The molecule has 0 aliphatic carbocycles. The fourth-order valence-corrected chi connectivity index (χ4v) is 2.95. The van der Waals surface area contributed by atoms with Gasteiger partial charge in [-0.1, -0.05) is 36.4 Å². The van der Waals surface area contributed by atoms with Crippen LogP contribution in [0.4, 0.5) is 5.69 Å². The van der Waals surface area contributed by atoms with Crippen molar-refractivity contribution in [3.8, 4) is 0 Å². The van der Waals surface area contributed by atoms with Crippen LogP contribution in [0.3, 0.4) is 0 Å². The highest BCUT2D eigenvalue weighted by molar-refractivity contribution is 5.89. The molecule has 0 bridgehead atoms. The van der Waals surface area contributed by atoms with Crippen molar-refractivity contribution in [1.29, 1.82) is 0 Å². The first-order valence-electron chi connectivity index (χ1n) is 8.30. The molecule has 0 unspecified atom stereocenters. The number of anilines is 1. The Morgan fingerprint density at radius 3 is 2.52 bits per heavy atom. The molecule has 0 radical (unpaired) electrons. The van der Waals surface area contributed by atoms with Crippen molar-refractivity contribution in [2.24, 2.45) is 0 Å². The molecule has 128 valence electrons. The summed E-state index contributed by atoms with van der Waals surface area (Å²) in [6.45, 7) is 5.42. The van der Waals surface area contributed by atoms with Gasteiger partial charge in [-0.15, -0.1) is 0 Å². The summed E-state index contributed by atoms with van der Waals surface area (Å²) in [4.78, 5) is 15.7. The zero-order chi connectivity index (χ0) is 18.0. The third kappa shape index (κ3) is 3.48. The Balaban J connectivity index is 2.00. The van der Waals surface area contributed by atoms with E-state index in [4.69, 9.17) is 0 Å². The second-order valence-electron chi connectivity index (χ2n) is 6.85. The molecule has 0 aliphatic heterocycles. The van der Waals surface area contributed by atoms with Gasteiger partial charge in [0.2, 0.25) is 0 Å². The highest BCUT2D eigenvalue weighted by Gasteiger charge is 2.27. The second-order valence-corrected chi connectivity index (χ2v) is 6.85. The van der Waals surface area contributed by atoms with E-state index in [1.165, 1.54) is 21.9 Å². The van der Waals surface area contributed by atoms with Gasteiger partial charge in [-0.3, -0.25) is 4.98 Å². The quantitative estimate of drug-likeness (QED) is 0.725. The number of hydrogen-bond donors (Lipinski definition) is 2. The minimum Gasteiger partial charge on any atom is -0.480 e. The van der Waals surface area contributed by atoms with Gasteiger partial charge in [-0.2, -0.15) is 0 Å². The van der Waals surface area contributed by atoms with Gasteiger partial charge in [0, 0.05) is 24.5 Å². The van der Waals surface area contributed by atoms with Gasteiger partial charge in [-0.05, 0) is 54.3 Å². The number of carbonyl (C=O) groups is 1. The average molecular weight is 334 g/mol. The van der Waals surface area contributed by atoms with Crippen LogP contribution >= 0.6 is 0 Å². The van der Waals surface area contributed by atoms with Gasteiger partial charge in [-0.25, -0.2) is 4.79 Å². The first-order valence-corrected chi connectivity index (χ1v) is 8.30. The van der Waals surface area contributed by atoms with Crippen molar-refractivity contribution < 1.29 is 9.90 Å². The smallest absolute Gasteiger partial charge is 0.328 e. The van der Waals surface area contributed by atoms with Crippen LogP contribution in [0.1, 0.15) is 30.5 Å². The number of pyridine rings is 1. The molecule has 0 amide bonds. The number of rotatable bonds is 5. The minimum absolute atomic E-state index is 0.687. The van der Waals surface area contributed by atoms with Gasteiger partial charge < -0.3 is 10.4 Å². The standard InChI is InChI=1S/C21H22N2O2/c1-14-8-9-15(18-7-5-4-6-17(14)18)12-16-13-22-11-10-19(16)23-21(2,3)20(24)25/h4-11,13H,12H2,1-3H3,(H,22,23)(H,24,25). The number of nitrogens with zero attached hydrogens (tertiary/aromatic N) is 1. The molecule has 3 rings (SSSR count). The molecule has 2 N–H and O–H groups in total. The molecular weight excluding hydrogens is 312 g/mol. The molecule has 0 saturated carbocycles. The molecule has 0 saturated heterocycles. The van der Waals surface area contributed by atoms with E-state index in [0.717, 1.165) is 11.3 Å². The Kier molecular flexibility index (Phi) is 4.45. The summed E-state index contributed by atoms with van der Waals surface area (Å²) in [5.74, 6) is -0.893. The summed E-state index contributed by atoms with van der Waals surface area (Å²) in [5.41, 5.74) is 3.17. The van der Waals surface area contributed by atoms with Crippen molar-refractivity contribution in [1.82, 2.24) is 4.98 Å². The summed E-state index contributed by atoms with van der Waals surface area (Å²) in [6.07, 6.45) is 4.17. The van der Waals surface area contributed by atoms with Gasteiger partial charge in [0.1, 0.15) is 5.54 Å². The van der Waals surface area contributed by atoms with E-state index >= 15 is 0 Å². The summed E-state index contributed by atoms with van der Waals surface area (Å²) >= 11 is 0. The molecule has 0 atom stereocenters. The Hall–Kier alpha value is -2.88. The maximum absolute atomic E-state index is 11.4. The first-order chi connectivity index (χ1) is 11.9. The molecule has 0 fully saturated rings. The largest absolute Gasteiger partial charge is 0.480 e. The molecule has 3 aromatic rings. The van der Waals surface area contributed by atoms with Crippen LogP contribution in [0.5, 0.6) is 0 Å². The average Bonchev–Trinajstić information content (AvgIpc) is 2.59. The number of carboxylic acid groups (broad SMARTS) is 1. The molecule has 1 aromatic heterocycles. The molecule has 0 spiro atoms. The number of carboxylic acids is 1. The molecule has 0 aliphatic rings. The number of fused-ring (bicyclic) bond motifs is 1. The van der Waals surface area contributed by atoms with Crippen molar-refractivity contribution in [3.05, 3.63) is 71.5 Å². The van der Waals surface area contributed by atoms with Crippen LogP contribution in [0.25, 0.3) is 10.8 Å². The molecule has 25 heavy (non-hydrogen) atoms. The maximum Gasteiger partial charge on any atom is 0.328 e.